The van der Waals surface area contributed by atoms with Crippen molar-refractivity contribution in [3.8, 4) is 0 Å². The van der Waals surface area contributed by atoms with Crippen molar-refractivity contribution in [3.05, 3.63) is 60.5 Å². The molecule has 0 spiro atoms. The molecule has 1 aromatic heterocycles. The molecule has 0 saturated carbocycles. The Labute approximate surface area is 147 Å². The lowest BCUT2D eigenvalue weighted by molar-refractivity contribution is 0.234. The van der Waals surface area contributed by atoms with Crippen molar-refractivity contribution in [1.29, 1.82) is 0 Å². The Kier molecular flexibility index (Phi) is 4.38. The van der Waals surface area contributed by atoms with Crippen molar-refractivity contribution in [2.45, 2.75) is 31.1 Å². The molecule has 2 aromatic rings. The standard InChI is InChI=1S/C17H20N4O3S/c1-17(2,3)16-18-10-9-14(19-16)21-11-15(24-12-21)20-25(22,23)13-7-5-4-6-8-13/h4-11,20H,12H2,1-3H3. The summed E-state index contributed by atoms with van der Waals surface area (Å²) in [6.45, 7) is 6.26. The van der Waals surface area contributed by atoms with E-state index in [0.29, 0.717) is 11.6 Å². The van der Waals surface area contributed by atoms with E-state index in [0.717, 1.165) is 0 Å². The molecule has 0 amide bonds. The highest BCUT2D eigenvalue weighted by Crippen LogP contribution is 2.23. The van der Waals surface area contributed by atoms with Gasteiger partial charge < -0.3 is 4.74 Å². The van der Waals surface area contributed by atoms with Gasteiger partial charge in [-0.2, -0.15) is 0 Å². The molecule has 132 valence electrons. The van der Waals surface area contributed by atoms with Gasteiger partial charge in [0.25, 0.3) is 10.0 Å². The van der Waals surface area contributed by atoms with Crippen LogP contribution in [0.2, 0.25) is 0 Å². The smallest absolute Gasteiger partial charge is 0.264 e. The molecule has 1 N–H and O–H groups in total. The molecule has 0 saturated heterocycles. The van der Waals surface area contributed by atoms with Crippen molar-refractivity contribution < 1.29 is 13.2 Å². The first kappa shape index (κ1) is 17.2. The second-order valence-electron chi connectivity index (χ2n) is 6.64. The van der Waals surface area contributed by atoms with Crippen LogP contribution in [0.5, 0.6) is 0 Å². The lowest BCUT2D eigenvalue weighted by Crippen LogP contribution is -2.23. The number of sulfonamides is 1. The molecule has 0 fully saturated rings. The maximum atomic E-state index is 12.3. The molecule has 25 heavy (non-hydrogen) atoms. The molecule has 0 radical (unpaired) electrons. The van der Waals surface area contributed by atoms with Crippen LogP contribution in [0, 0.1) is 0 Å². The fraction of sp³-hybridized carbons (Fsp3) is 0.294. The van der Waals surface area contributed by atoms with Crippen LogP contribution >= 0.6 is 0 Å². The minimum absolute atomic E-state index is 0.153. The molecule has 0 atom stereocenters. The molecule has 3 rings (SSSR count). The van der Waals surface area contributed by atoms with Crippen molar-refractivity contribution in [3.63, 3.8) is 0 Å². The summed E-state index contributed by atoms with van der Waals surface area (Å²) in [6, 6.07) is 9.89. The maximum absolute atomic E-state index is 12.3. The van der Waals surface area contributed by atoms with Gasteiger partial charge in [-0.1, -0.05) is 39.0 Å². The van der Waals surface area contributed by atoms with Gasteiger partial charge in [0, 0.05) is 11.6 Å². The van der Waals surface area contributed by atoms with Gasteiger partial charge in [0.2, 0.25) is 5.88 Å². The first-order valence-corrected chi connectivity index (χ1v) is 9.27. The summed E-state index contributed by atoms with van der Waals surface area (Å²) in [4.78, 5) is 10.7. The topological polar surface area (TPSA) is 84.4 Å². The number of aromatic nitrogens is 2. The lowest BCUT2D eigenvalue weighted by Gasteiger charge is -2.19. The maximum Gasteiger partial charge on any atom is 0.264 e. The molecule has 1 aliphatic heterocycles. The summed E-state index contributed by atoms with van der Waals surface area (Å²) in [5, 5.41) is 0. The SMILES string of the molecule is CC(C)(C)c1nccc(N2C=C(NS(=O)(=O)c3ccccc3)OC2)n1. The van der Waals surface area contributed by atoms with Crippen LogP contribution in [0.15, 0.2) is 59.6 Å². The minimum Gasteiger partial charge on any atom is -0.456 e. The minimum atomic E-state index is -3.68. The Hall–Kier alpha value is -2.61. The zero-order valence-electron chi connectivity index (χ0n) is 14.3. The number of ether oxygens (including phenoxy) is 1. The van der Waals surface area contributed by atoms with Crippen LogP contribution in [0.25, 0.3) is 0 Å². The average Bonchev–Trinajstić information content (AvgIpc) is 3.03. The Balaban J connectivity index is 1.79. The van der Waals surface area contributed by atoms with E-state index in [1.54, 1.807) is 41.6 Å². The fourth-order valence-electron chi connectivity index (χ4n) is 2.20. The van der Waals surface area contributed by atoms with E-state index >= 15 is 0 Å². The largest absolute Gasteiger partial charge is 0.456 e. The molecule has 2 heterocycles. The zero-order chi connectivity index (χ0) is 18.1. The quantitative estimate of drug-likeness (QED) is 0.901. The molecular formula is C17H20N4O3S. The molecule has 1 aliphatic rings. The summed E-state index contributed by atoms with van der Waals surface area (Å²) < 4.78 is 32.6. The van der Waals surface area contributed by atoms with Crippen LogP contribution in [-0.4, -0.2) is 25.1 Å². The van der Waals surface area contributed by atoms with Gasteiger partial charge in [0.15, 0.2) is 6.73 Å². The molecule has 8 heteroatoms. The molecule has 0 unspecified atom stereocenters. The second-order valence-corrected chi connectivity index (χ2v) is 8.33. The third kappa shape index (κ3) is 3.90. The molecule has 1 aromatic carbocycles. The summed E-state index contributed by atoms with van der Waals surface area (Å²) in [5.74, 6) is 1.50. The number of hydrogen-bond donors (Lipinski definition) is 1. The number of nitrogens with zero attached hydrogens (tertiary/aromatic N) is 3. The lowest BCUT2D eigenvalue weighted by atomic mass is 9.96. The highest BCUT2D eigenvalue weighted by molar-refractivity contribution is 7.89. The number of hydrogen-bond acceptors (Lipinski definition) is 6. The zero-order valence-corrected chi connectivity index (χ0v) is 15.1. The third-order valence-electron chi connectivity index (χ3n) is 3.53. The van der Waals surface area contributed by atoms with E-state index in [9.17, 15) is 8.42 Å². The van der Waals surface area contributed by atoms with Crippen molar-refractivity contribution >= 4 is 15.8 Å². The predicted octanol–water partition coefficient (Wildman–Crippen LogP) is 2.35. The highest BCUT2D eigenvalue weighted by atomic mass is 32.2. The predicted molar refractivity (Wildman–Crippen MR) is 94.0 cm³/mol. The van der Waals surface area contributed by atoms with Gasteiger partial charge in [-0.05, 0) is 18.2 Å². The van der Waals surface area contributed by atoms with Crippen LogP contribution in [0.1, 0.15) is 26.6 Å². The molecular weight excluding hydrogens is 340 g/mol. The Morgan fingerprint density at radius 1 is 1.16 bits per heavy atom. The molecule has 0 aliphatic carbocycles. The van der Waals surface area contributed by atoms with Crippen molar-refractivity contribution in [1.82, 2.24) is 14.7 Å². The number of benzene rings is 1. The van der Waals surface area contributed by atoms with Crippen LogP contribution in [0.3, 0.4) is 0 Å². The van der Waals surface area contributed by atoms with Crippen molar-refractivity contribution in [2.75, 3.05) is 11.6 Å². The Bertz CT molecular complexity index is 890. The van der Waals surface area contributed by atoms with E-state index in [2.05, 4.69) is 14.7 Å². The highest BCUT2D eigenvalue weighted by Gasteiger charge is 2.24. The van der Waals surface area contributed by atoms with Gasteiger partial charge in [-0.25, -0.2) is 23.1 Å². The normalized spacial score (nSPS) is 14.8. The van der Waals surface area contributed by atoms with E-state index in [1.165, 1.54) is 12.1 Å². The van der Waals surface area contributed by atoms with Crippen LogP contribution in [-0.2, 0) is 20.2 Å². The summed E-state index contributed by atoms with van der Waals surface area (Å²) >= 11 is 0. The summed E-state index contributed by atoms with van der Waals surface area (Å²) in [7, 11) is -3.68. The summed E-state index contributed by atoms with van der Waals surface area (Å²) in [6.07, 6.45) is 3.26. The monoisotopic (exact) mass is 360 g/mol. The van der Waals surface area contributed by atoms with Gasteiger partial charge in [-0.15, -0.1) is 0 Å². The first-order chi connectivity index (χ1) is 11.8. The first-order valence-electron chi connectivity index (χ1n) is 7.78. The number of rotatable bonds is 4. The van der Waals surface area contributed by atoms with Crippen LogP contribution < -0.4 is 9.62 Å². The average molecular weight is 360 g/mol. The van der Waals surface area contributed by atoms with Gasteiger partial charge in [-0.3, -0.25) is 4.90 Å². The molecule has 0 bridgehead atoms. The van der Waals surface area contributed by atoms with E-state index in [-0.39, 0.29) is 22.9 Å². The summed E-state index contributed by atoms with van der Waals surface area (Å²) in [5.41, 5.74) is -0.183. The van der Waals surface area contributed by atoms with E-state index in [4.69, 9.17) is 4.74 Å². The molecule has 7 nitrogen and oxygen atoms in total. The van der Waals surface area contributed by atoms with E-state index in [1.807, 2.05) is 20.8 Å². The fourth-order valence-corrected chi connectivity index (χ4v) is 3.21. The van der Waals surface area contributed by atoms with Crippen molar-refractivity contribution in [2.24, 2.45) is 0 Å². The van der Waals surface area contributed by atoms with Gasteiger partial charge in [0.05, 0.1) is 11.1 Å². The van der Waals surface area contributed by atoms with Crippen LogP contribution in [0.4, 0.5) is 5.82 Å². The van der Waals surface area contributed by atoms with E-state index < -0.39 is 10.0 Å². The van der Waals surface area contributed by atoms with Gasteiger partial charge in [0.1, 0.15) is 11.6 Å². The van der Waals surface area contributed by atoms with Gasteiger partial charge >= 0.3 is 0 Å². The number of nitrogens with one attached hydrogen (secondary N) is 1. The Morgan fingerprint density at radius 2 is 1.88 bits per heavy atom. The Morgan fingerprint density at radius 3 is 2.56 bits per heavy atom. The second kappa shape index (κ2) is 6.36. The number of anilines is 1. The third-order valence-corrected chi connectivity index (χ3v) is 4.89.